The van der Waals surface area contributed by atoms with Crippen molar-refractivity contribution >= 4 is 29.1 Å². The van der Waals surface area contributed by atoms with Crippen molar-refractivity contribution in [3.05, 3.63) is 17.5 Å². The lowest BCUT2D eigenvalue weighted by Gasteiger charge is -2.08. The van der Waals surface area contributed by atoms with Gasteiger partial charge >= 0.3 is 5.97 Å². The van der Waals surface area contributed by atoms with E-state index in [0.717, 1.165) is 4.21 Å². The van der Waals surface area contributed by atoms with Gasteiger partial charge in [0.25, 0.3) is 0 Å². The van der Waals surface area contributed by atoms with Crippen LogP contribution in [0.5, 0.6) is 0 Å². The van der Waals surface area contributed by atoms with Gasteiger partial charge in [-0.15, -0.1) is 23.1 Å². The summed E-state index contributed by atoms with van der Waals surface area (Å²) in [7, 11) is 0. The predicted molar refractivity (Wildman–Crippen MR) is 55.3 cm³/mol. The zero-order chi connectivity index (χ0) is 9.68. The van der Waals surface area contributed by atoms with Crippen molar-refractivity contribution in [2.75, 3.05) is 6.54 Å². The summed E-state index contributed by atoms with van der Waals surface area (Å²) in [6, 6.07) is 3.83. The Kier molecular flexibility index (Phi) is 4.27. The Morgan fingerprint density at radius 1 is 1.77 bits per heavy atom. The Labute approximate surface area is 85.0 Å². The number of thioether (sulfide) groups is 1. The predicted octanol–water partition coefficient (Wildman–Crippen LogP) is 1.64. The molecule has 72 valence electrons. The fraction of sp³-hybridized carbons (Fsp3) is 0.375. The highest BCUT2D eigenvalue weighted by molar-refractivity contribution is 8.02. The van der Waals surface area contributed by atoms with Crippen molar-refractivity contribution in [2.45, 2.75) is 15.9 Å². The van der Waals surface area contributed by atoms with Gasteiger partial charge in [-0.05, 0) is 24.4 Å². The molecular weight excluding hydrogens is 206 g/mol. The molecule has 0 spiro atoms. The molecule has 0 aromatic carbocycles. The maximum Gasteiger partial charge on any atom is 0.317 e. The molecular formula is C8H11NO2S2. The van der Waals surface area contributed by atoms with E-state index in [1.807, 2.05) is 17.5 Å². The van der Waals surface area contributed by atoms with Gasteiger partial charge in [-0.2, -0.15) is 0 Å². The molecule has 1 aromatic rings. The van der Waals surface area contributed by atoms with Gasteiger partial charge in [0.05, 0.1) is 4.21 Å². The van der Waals surface area contributed by atoms with Gasteiger partial charge in [0, 0.05) is 0 Å². The van der Waals surface area contributed by atoms with E-state index in [0.29, 0.717) is 13.0 Å². The Hall–Kier alpha value is -0.520. The standard InChI is InChI=1S/C8H11NO2S2/c9-4-3-6(8(10)11)13-7-2-1-5-12-7/h1-2,5-6H,3-4,9H2,(H,10,11). The zero-order valence-electron chi connectivity index (χ0n) is 6.97. The minimum absolute atomic E-state index is 0.412. The Morgan fingerprint density at radius 2 is 2.54 bits per heavy atom. The fourth-order valence-corrected chi connectivity index (χ4v) is 2.83. The first-order chi connectivity index (χ1) is 6.24. The third-order valence-electron chi connectivity index (χ3n) is 1.46. The van der Waals surface area contributed by atoms with Crippen LogP contribution in [0.25, 0.3) is 0 Å². The lowest BCUT2D eigenvalue weighted by Crippen LogP contribution is -2.19. The van der Waals surface area contributed by atoms with E-state index in [1.165, 1.54) is 11.8 Å². The third kappa shape index (κ3) is 3.38. The zero-order valence-corrected chi connectivity index (χ0v) is 8.61. The first kappa shape index (κ1) is 10.6. The highest BCUT2D eigenvalue weighted by Gasteiger charge is 2.17. The molecule has 0 saturated carbocycles. The number of carboxylic acid groups (broad SMARTS) is 1. The van der Waals surface area contributed by atoms with Crippen molar-refractivity contribution in [3.63, 3.8) is 0 Å². The monoisotopic (exact) mass is 217 g/mol. The first-order valence-corrected chi connectivity index (χ1v) is 5.63. The molecule has 1 unspecified atom stereocenters. The van der Waals surface area contributed by atoms with Gasteiger partial charge in [0.2, 0.25) is 0 Å². The number of carboxylic acids is 1. The maximum atomic E-state index is 10.7. The molecule has 13 heavy (non-hydrogen) atoms. The SMILES string of the molecule is NCCC(Sc1cccs1)C(=O)O. The molecule has 5 heteroatoms. The minimum Gasteiger partial charge on any atom is -0.480 e. The molecule has 0 amide bonds. The molecule has 0 aliphatic carbocycles. The summed E-state index contributed by atoms with van der Waals surface area (Å²) >= 11 is 2.92. The Bertz CT molecular complexity index is 261. The Morgan fingerprint density at radius 3 is 3.00 bits per heavy atom. The number of aliphatic carboxylic acids is 1. The van der Waals surface area contributed by atoms with Gasteiger partial charge in [0.1, 0.15) is 5.25 Å². The molecule has 0 bridgehead atoms. The smallest absolute Gasteiger partial charge is 0.317 e. The summed E-state index contributed by atoms with van der Waals surface area (Å²) < 4.78 is 1.03. The van der Waals surface area contributed by atoms with E-state index in [9.17, 15) is 4.79 Å². The third-order valence-corrected chi connectivity index (χ3v) is 3.79. The number of thiophene rings is 1. The van der Waals surface area contributed by atoms with E-state index in [2.05, 4.69) is 0 Å². The van der Waals surface area contributed by atoms with E-state index in [4.69, 9.17) is 10.8 Å². The van der Waals surface area contributed by atoms with Crippen LogP contribution in [0, 0.1) is 0 Å². The second kappa shape index (κ2) is 5.26. The van der Waals surface area contributed by atoms with Crippen molar-refractivity contribution in [1.29, 1.82) is 0 Å². The van der Waals surface area contributed by atoms with Crippen LogP contribution in [0.15, 0.2) is 21.7 Å². The minimum atomic E-state index is -0.788. The normalized spacial score (nSPS) is 12.7. The number of nitrogens with two attached hydrogens (primary N) is 1. The molecule has 0 radical (unpaired) electrons. The summed E-state index contributed by atoms with van der Waals surface area (Å²) in [6.07, 6.45) is 0.512. The van der Waals surface area contributed by atoms with Gasteiger partial charge in [0.15, 0.2) is 0 Å². The largest absolute Gasteiger partial charge is 0.480 e. The van der Waals surface area contributed by atoms with Gasteiger partial charge in [-0.3, -0.25) is 4.79 Å². The molecule has 0 fully saturated rings. The lowest BCUT2D eigenvalue weighted by molar-refractivity contribution is -0.136. The van der Waals surface area contributed by atoms with Crippen LogP contribution in [0.3, 0.4) is 0 Å². The molecule has 1 atom stereocenters. The lowest BCUT2D eigenvalue weighted by atomic mass is 10.3. The van der Waals surface area contributed by atoms with E-state index < -0.39 is 11.2 Å². The van der Waals surface area contributed by atoms with Crippen molar-refractivity contribution < 1.29 is 9.90 Å². The highest BCUT2D eigenvalue weighted by Crippen LogP contribution is 2.29. The van der Waals surface area contributed by atoms with Crippen LogP contribution in [0.4, 0.5) is 0 Å². The van der Waals surface area contributed by atoms with Crippen LogP contribution in [0.1, 0.15) is 6.42 Å². The number of hydrogen-bond acceptors (Lipinski definition) is 4. The summed E-state index contributed by atoms with van der Waals surface area (Å²) in [5, 5.41) is 10.4. The Balaban J connectivity index is 2.52. The summed E-state index contributed by atoms with van der Waals surface area (Å²) in [4.78, 5) is 10.7. The van der Waals surface area contributed by atoms with Crippen LogP contribution in [-0.4, -0.2) is 22.9 Å². The van der Waals surface area contributed by atoms with E-state index >= 15 is 0 Å². The first-order valence-electron chi connectivity index (χ1n) is 3.87. The molecule has 3 nitrogen and oxygen atoms in total. The fourth-order valence-electron chi connectivity index (χ4n) is 0.855. The van der Waals surface area contributed by atoms with Crippen LogP contribution < -0.4 is 5.73 Å². The average molecular weight is 217 g/mol. The summed E-state index contributed by atoms with van der Waals surface area (Å²) in [5.41, 5.74) is 5.32. The molecule has 1 aromatic heterocycles. The van der Waals surface area contributed by atoms with Gasteiger partial charge < -0.3 is 10.8 Å². The van der Waals surface area contributed by atoms with E-state index in [-0.39, 0.29) is 0 Å². The number of carbonyl (C=O) groups is 1. The van der Waals surface area contributed by atoms with E-state index in [1.54, 1.807) is 11.3 Å². The molecule has 0 saturated heterocycles. The van der Waals surface area contributed by atoms with Gasteiger partial charge in [-0.25, -0.2) is 0 Å². The number of hydrogen-bond donors (Lipinski definition) is 2. The second-order valence-electron chi connectivity index (χ2n) is 2.45. The average Bonchev–Trinajstić information content (AvgIpc) is 2.56. The van der Waals surface area contributed by atoms with Crippen molar-refractivity contribution in [1.82, 2.24) is 0 Å². The number of rotatable bonds is 5. The van der Waals surface area contributed by atoms with Crippen molar-refractivity contribution in [3.8, 4) is 0 Å². The molecule has 0 aliphatic heterocycles. The summed E-state index contributed by atoms with van der Waals surface area (Å²) in [6.45, 7) is 0.412. The van der Waals surface area contributed by atoms with Gasteiger partial charge in [-0.1, -0.05) is 6.07 Å². The second-order valence-corrected chi connectivity index (χ2v) is 4.90. The summed E-state index contributed by atoms with van der Waals surface area (Å²) in [5.74, 6) is -0.788. The van der Waals surface area contributed by atoms with Crippen LogP contribution >= 0.6 is 23.1 Å². The van der Waals surface area contributed by atoms with Crippen LogP contribution in [0.2, 0.25) is 0 Å². The maximum absolute atomic E-state index is 10.7. The molecule has 0 aliphatic rings. The van der Waals surface area contributed by atoms with Crippen LogP contribution in [-0.2, 0) is 4.79 Å². The molecule has 1 heterocycles. The topological polar surface area (TPSA) is 63.3 Å². The van der Waals surface area contributed by atoms with Crippen molar-refractivity contribution in [2.24, 2.45) is 5.73 Å². The quantitative estimate of drug-likeness (QED) is 0.736. The molecule has 3 N–H and O–H groups in total. The molecule has 1 rings (SSSR count). The highest BCUT2D eigenvalue weighted by atomic mass is 32.2.